The van der Waals surface area contributed by atoms with Crippen molar-refractivity contribution in [3.8, 4) is 0 Å². The lowest BCUT2D eigenvalue weighted by molar-refractivity contribution is -0.127. The van der Waals surface area contributed by atoms with Crippen molar-refractivity contribution in [3.63, 3.8) is 0 Å². The van der Waals surface area contributed by atoms with Crippen molar-refractivity contribution in [1.29, 1.82) is 0 Å². The first-order valence-corrected chi connectivity index (χ1v) is 2.65. The fourth-order valence-corrected chi connectivity index (χ4v) is 0.780. The van der Waals surface area contributed by atoms with Gasteiger partial charge in [-0.3, -0.25) is 4.79 Å². The van der Waals surface area contributed by atoms with Crippen molar-refractivity contribution >= 4 is 5.91 Å². The highest BCUT2D eigenvalue weighted by atomic mass is 19.1. The van der Waals surface area contributed by atoms with Crippen LogP contribution in [0.3, 0.4) is 0 Å². The number of hydrogen-bond donors (Lipinski definition) is 1. The highest BCUT2D eigenvalue weighted by Crippen LogP contribution is 2.29. The molecule has 0 heterocycles. The number of amides is 1. The molecule has 8 heavy (non-hydrogen) atoms. The largest absolute Gasteiger partial charge is 0.369 e. The molecule has 1 saturated carbocycles. The Kier molecular flexibility index (Phi) is 1.19. The van der Waals surface area contributed by atoms with Gasteiger partial charge in [-0.2, -0.15) is 0 Å². The van der Waals surface area contributed by atoms with Crippen LogP contribution in [0.1, 0.15) is 12.8 Å². The van der Waals surface area contributed by atoms with E-state index in [2.05, 4.69) is 0 Å². The second-order valence-electron chi connectivity index (χ2n) is 2.10. The van der Waals surface area contributed by atoms with Gasteiger partial charge in [0.15, 0.2) is 0 Å². The molecule has 1 rings (SSSR count). The van der Waals surface area contributed by atoms with E-state index in [9.17, 15) is 9.18 Å². The van der Waals surface area contributed by atoms with E-state index in [4.69, 9.17) is 5.73 Å². The summed E-state index contributed by atoms with van der Waals surface area (Å²) in [6, 6.07) is 0. The summed E-state index contributed by atoms with van der Waals surface area (Å²) in [6.45, 7) is 0. The molecular formula is C5H8FNO. The van der Waals surface area contributed by atoms with Crippen LogP contribution in [-0.2, 0) is 4.79 Å². The van der Waals surface area contributed by atoms with Crippen LogP contribution < -0.4 is 5.73 Å². The molecule has 0 aromatic carbocycles. The van der Waals surface area contributed by atoms with E-state index in [0.29, 0.717) is 12.8 Å². The first kappa shape index (κ1) is 5.54. The predicted octanol–water partition coefficient (Wildman–Crippen LogP) is 0.220. The third-order valence-electron chi connectivity index (χ3n) is 1.56. The van der Waals surface area contributed by atoms with Crippen LogP contribution in [0.4, 0.5) is 4.39 Å². The van der Waals surface area contributed by atoms with Crippen molar-refractivity contribution in [2.75, 3.05) is 0 Å². The molecule has 0 aromatic rings. The van der Waals surface area contributed by atoms with E-state index >= 15 is 0 Å². The minimum Gasteiger partial charge on any atom is -0.369 e. The van der Waals surface area contributed by atoms with Gasteiger partial charge >= 0.3 is 0 Å². The molecule has 0 aromatic heterocycles. The standard InChI is InChI=1S/C5H8FNO/c6-4-2-1-3(4)5(7)8/h3-4H,1-2H2,(H2,7,8). The molecule has 1 amide bonds. The van der Waals surface area contributed by atoms with Gasteiger partial charge < -0.3 is 5.73 Å². The lowest BCUT2D eigenvalue weighted by Crippen LogP contribution is -2.38. The zero-order valence-corrected chi connectivity index (χ0v) is 4.43. The molecule has 0 radical (unpaired) electrons. The Bertz CT molecular complexity index is 115. The number of alkyl halides is 1. The highest BCUT2D eigenvalue weighted by Gasteiger charge is 2.34. The topological polar surface area (TPSA) is 43.1 Å². The third kappa shape index (κ3) is 0.680. The zero-order valence-electron chi connectivity index (χ0n) is 4.43. The minimum atomic E-state index is -0.951. The van der Waals surface area contributed by atoms with Gasteiger partial charge in [0.05, 0.1) is 5.92 Å². The summed E-state index contributed by atoms with van der Waals surface area (Å²) in [5, 5.41) is 0. The summed E-state index contributed by atoms with van der Waals surface area (Å²) in [5.41, 5.74) is 4.81. The van der Waals surface area contributed by atoms with Gasteiger partial charge in [0.2, 0.25) is 5.91 Å². The van der Waals surface area contributed by atoms with Crippen LogP contribution in [-0.4, -0.2) is 12.1 Å². The molecule has 0 saturated heterocycles. The number of halogens is 1. The normalized spacial score (nSPS) is 36.1. The Hall–Kier alpha value is -0.600. The van der Waals surface area contributed by atoms with Crippen molar-refractivity contribution in [2.45, 2.75) is 19.0 Å². The summed E-state index contributed by atoms with van der Waals surface area (Å²) < 4.78 is 12.1. The molecule has 2 atom stereocenters. The number of hydrogen-bond acceptors (Lipinski definition) is 1. The van der Waals surface area contributed by atoms with E-state index in [-0.39, 0.29) is 0 Å². The maximum atomic E-state index is 12.1. The van der Waals surface area contributed by atoms with Gasteiger partial charge in [0, 0.05) is 0 Å². The fraction of sp³-hybridized carbons (Fsp3) is 0.800. The maximum absolute atomic E-state index is 12.1. The Labute approximate surface area is 46.9 Å². The second kappa shape index (κ2) is 1.73. The Balaban J connectivity index is 2.37. The van der Waals surface area contributed by atoms with Crippen LogP contribution in [0.15, 0.2) is 0 Å². The molecule has 1 aliphatic rings. The van der Waals surface area contributed by atoms with Crippen LogP contribution >= 0.6 is 0 Å². The smallest absolute Gasteiger partial charge is 0.223 e. The molecule has 0 bridgehead atoms. The van der Waals surface area contributed by atoms with E-state index in [1.54, 1.807) is 0 Å². The first-order valence-electron chi connectivity index (χ1n) is 2.65. The molecule has 1 fully saturated rings. The number of nitrogens with two attached hydrogens (primary N) is 1. The number of primary amides is 1. The quantitative estimate of drug-likeness (QED) is 0.524. The van der Waals surface area contributed by atoms with Gasteiger partial charge in [0.25, 0.3) is 0 Å². The molecule has 2 nitrogen and oxygen atoms in total. The monoisotopic (exact) mass is 117 g/mol. The molecule has 2 N–H and O–H groups in total. The molecule has 0 spiro atoms. The van der Waals surface area contributed by atoms with Crippen LogP contribution in [0.25, 0.3) is 0 Å². The Morgan fingerprint density at radius 3 is 2.25 bits per heavy atom. The second-order valence-corrected chi connectivity index (χ2v) is 2.10. The van der Waals surface area contributed by atoms with Crippen LogP contribution in [0.5, 0.6) is 0 Å². The average Bonchev–Trinajstić information content (AvgIpc) is 1.61. The maximum Gasteiger partial charge on any atom is 0.223 e. The Morgan fingerprint density at radius 1 is 1.62 bits per heavy atom. The third-order valence-corrected chi connectivity index (χ3v) is 1.56. The SMILES string of the molecule is NC(=O)C1CCC1F. The summed E-state index contributed by atoms with van der Waals surface area (Å²) in [4.78, 5) is 10.2. The summed E-state index contributed by atoms with van der Waals surface area (Å²) >= 11 is 0. The summed E-state index contributed by atoms with van der Waals surface area (Å²) in [7, 11) is 0. The van der Waals surface area contributed by atoms with Gasteiger partial charge in [-0.15, -0.1) is 0 Å². The van der Waals surface area contributed by atoms with Crippen molar-refractivity contribution < 1.29 is 9.18 Å². The molecule has 3 heteroatoms. The number of carbonyl (C=O) groups excluding carboxylic acids is 1. The van der Waals surface area contributed by atoms with E-state index < -0.39 is 18.0 Å². The minimum absolute atomic E-state index is 0.477. The molecule has 46 valence electrons. The van der Waals surface area contributed by atoms with Crippen molar-refractivity contribution in [2.24, 2.45) is 11.7 Å². The van der Waals surface area contributed by atoms with Gasteiger partial charge in [0.1, 0.15) is 6.17 Å². The molecule has 1 aliphatic carbocycles. The first-order chi connectivity index (χ1) is 3.72. The molecule has 2 unspecified atom stereocenters. The number of rotatable bonds is 1. The zero-order chi connectivity index (χ0) is 6.15. The van der Waals surface area contributed by atoms with Crippen LogP contribution in [0.2, 0.25) is 0 Å². The molecular weight excluding hydrogens is 109 g/mol. The summed E-state index contributed by atoms with van der Waals surface area (Å²) in [5.74, 6) is -0.973. The van der Waals surface area contributed by atoms with E-state index in [1.165, 1.54) is 0 Å². The van der Waals surface area contributed by atoms with E-state index in [0.717, 1.165) is 0 Å². The average molecular weight is 117 g/mol. The van der Waals surface area contributed by atoms with Crippen molar-refractivity contribution in [3.05, 3.63) is 0 Å². The van der Waals surface area contributed by atoms with Gasteiger partial charge in [-0.25, -0.2) is 4.39 Å². The fourth-order valence-electron chi connectivity index (χ4n) is 0.780. The highest BCUT2D eigenvalue weighted by molar-refractivity contribution is 5.78. The predicted molar refractivity (Wildman–Crippen MR) is 26.8 cm³/mol. The van der Waals surface area contributed by atoms with Crippen LogP contribution in [0, 0.1) is 5.92 Å². The van der Waals surface area contributed by atoms with Gasteiger partial charge in [-0.05, 0) is 12.8 Å². The Morgan fingerprint density at radius 2 is 2.25 bits per heavy atom. The lowest BCUT2D eigenvalue weighted by Gasteiger charge is -2.26. The van der Waals surface area contributed by atoms with Gasteiger partial charge in [-0.1, -0.05) is 0 Å². The van der Waals surface area contributed by atoms with E-state index in [1.807, 2.05) is 0 Å². The lowest BCUT2D eigenvalue weighted by atomic mass is 9.83. The summed E-state index contributed by atoms with van der Waals surface area (Å²) in [6.07, 6.45) is 0.192. The number of carbonyl (C=O) groups is 1. The molecule has 0 aliphatic heterocycles. The van der Waals surface area contributed by atoms with Crippen molar-refractivity contribution in [1.82, 2.24) is 0 Å².